The molecule has 3 aromatic rings. The van der Waals surface area contributed by atoms with Gasteiger partial charge in [-0.05, 0) is 52.9 Å². The minimum Gasteiger partial charge on any atom is -0.312 e. The molecule has 0 atom stereocenters. The van der Waals surface area contributed by atoms with Crippen LogP contribution in [0.1, 0.15) is 21.9 Å². The van der Waals surface area contributed by atoms with Crippen molar-refractivity contribution in [2.75, 3.05) is 5.32 Å². The number of alkyl halides is 2. The van der Waals surface area contributed by atoms with E-state index in [2.05, 4.69) is 38.1 Å². The van der Waals surface area contributed by atoms with Gasteiger partial charge in [0.05, 0.1) is 0 Å². The summed E-state index contributed by atoms with van der Waals surface area (Å²) in [6.45, 7) is 0. The van der Waals surface area contributed by atoms with Crippen molar-refractivity contribution < 1.29 is 13.6 Å². The average molecular weight is 446 g/mol. The number of amides is 1. The van der Waals surface area contributed by atoms with Crippen LogP contribution >= 0.6 is 33.9 Å². The molecule has 3 rings (SSSR count). The molecular formula is C14H9F2IN4OS. The lowest BCUT2D eigenvalue weighted by molar-refractivity contribution is 0.102. The molecule has 0 radical (unpaired) electrons. The lowest BCUT2D eigenvalue weighted by atomic mass is 10.3. The standard InChI is InChI=1S/C14H9F2IN4OS/c15-11(16)13-19-20-14(23-13)18-12(22)10-5-2-6-21(10)9-4-1-3-8(17)7-9/h1-7,11H,(H,18,20,22). The van der Waals surface area contributed by atoms with E-state index in [0.29, 0.717) is 17.0 Å². The van der Waals surface area contributed by atoms with Gasteiger partial charge in [-0.15, -0.1) is 10.2 Å². The van der Waals surface area contributed by atoms with Gasteiger partial charge < -0.3 is 4.57 Å². The number of rotatable bonds is 4. The summed E-state index contributed by atoms with van der Waals surface area (Å²) in [7, 11) is 0. The number of hydrogen-bond donors (Lipinski definition) is 1. The lowest BCUT2D eigenvalue weighted by Gasteiger charge is -2.09. The summed E-state index contributed by atoms with van der Waals surface area (Å²) in [6.07, 6.45) is -0.946. The zero-order chi connectivity index (χ0) is 16.4. The van der Waals surface area contributed by atoms with Crippen LogP contribution in [0, 0.1) is 3.57 Å². The first-order chi connectivity index (χ1) is 11.0. The first kappa shape index (κ1) is 16.0. The number of carbonyl (C=O) groups excluding carboxylic acids is 1. The van der Waals surface area contributed by atoms with Gasteiger partial charge in [-0.25, -0.2) is 8.78 Å². The van der Waals surface area contributed by atoms with Crippen molar-refractivity contribution in [1.29, 1.82) is 0 Å². The lowest BCUT2D eigenvalue weighted by Crippen LogP contribution is -2.16. The molecule has 9 heteroatoms. The maximum atomic E-state index is 12.5. The second-order valence-electron chi connectivity index (χ2n) is 4.44. The highest BCUT2D eigenvalue weighted by molar-refractivity contribution is 14.1. The minimum absolute atomic E-state index is 0.0423. The van der Waals surface area contributed by atoms with Crippen LogP contribution in [-0.4, -0.2) is 20.7 Å². The van der Waals surface area contributed by atoms with Crippen molar-refractivity contribution in [3.63, 3.8) is 0 Å². The molecule has 1 N–H and O–H groups in total. The fraction of sp³-hybridized carbons (Fsp3) is 0.0714. The SMILES string of the molecule is O=C(Nc1nnc(C(F)F)s1)c1cccn1-c1cccc(I)c1. The molecule has 1 aromatic carbocycles. The number of hydrogen-bond acceptors (Lipinski definition) is 4. The fourth-order valence-corrected chi connectivity index (χ4v) is 3.07. The molecule has 0 spiro atoms. The van der Waals surface area contributed by atoms with Crippen molar-refractivity contribution >= 4 is 45.0 Å². The molecule has 0 unspecified atom stereocenters. The number of carbonyl (C=O) groups is 1. The summed E-state index contributed by atoms with van der Waals surface area (Å²) in [5.41, 5.74) is 1.21. The summed E-state index contributed by atoms with van der Waals surface area (Å²) >= 11 is 2.84. The van der Waals surface area contributed by atoms with Crippen molar-refractivity contribution in [2.24, 2.45) is 0 Å². The quantitative estimate of drug-likeness (QED) is 0.614. The summed E-state index contributed by atoms with van der Waals surface area (Å²) in [6, 6.07) is 11.0. The number of aromatic nitrogens is 3. The van der Waals surface area contributed by atoms with Crippen molar-refractivity contribution in [1.82, 2.24) is 14.8 Å². The zero-order valence-corrected chi connectivity index (χ0v) is 14.4. The van der Waals surface area contributed by atoms with E-state index >= 15 is 0 Å². The third kappa shape index (κ3) is 3.55. The van der Waals surface area contributed by atoms with E-state index in [1.54, 1.807) is 22.9 Å². The van der Waals surface area contributed by atoms with Gasteiger partial charge >= 0.3 is 0 Å². The van der Waals surface area contributed by atoms with Crippen LogP contribution in [0.4, 0.5) is 13.9 Å². The topological polar surface area (TPSA) is 59.8 Å². The Labute approximate surface area is 147 Å². The maximum Gasteiger partial charge on any atom is 0.291 e. The normalized spacial score (nSPS) is 11.0. The Hall–Kier alpha value is -1.88. The van der Waals surface area contributed by atoms with Gasteiger partial charge in [-0.2, -0.15) is 0 Å². The van der Waals surface area contributed by atoms with Gasteiger partial charge in [0.1, 0.15) is 5.69 Å². The Bertz CT molecular complexity index is 849. The molecule has 2 aromatic heterocycles. The number of anilines is 1. The van der Waals surface area contributed by atoms with Gasteiger partial charge in [-0.1, -0.05) is 17.4 Å². The molecule has 0 saturated carbocycles. The smallest absolute Gasteiger partial charge is 0.291 e. The van der Waals surface area contributed by atoms with E-state index in [1.807, 2.05) is 24.3 Å². The first-order valence-corrected chi connectivity index (χ1v) is 8.30. The van der Waals surface area contributed by atoms with Crippen LogP contribution in [-0.2, 0) is 0 Å². The number of nitrogens with one attached hydrogen (secondary N) is 1. The number of halogens is 3. The highest BCUT2D eigenvalue weighted by Gasteiger charge is 2.17. The fourth-order valence-electron chi connectivity index (χ4n) is 1.95. The Morgan fingerprint density at radius 2 is 2.09 bits per heavy atom. The molecule has 0 aliphatic heterocycles. The van der Waals surface area contributed by atoms with E-state index in [0.717, 1.165) is 9.26 Å². The highest BCUT2D eigenvalue weighted by atomic mass is 127. The van der Waals surface area contributed by atoms with E-state index in [-0.39, 0.29) is 5.13 Å². The van der Waals surface area contributed by atoms with Crippen LogP contribution in [0.25, 0.3) is 5.69 Å². The minimum atomic E-state index is -2.70. The summed E-state index contributed by atoms with van der Waals surface area (Å²) in [4.78, 5) is 12.4. The number of benzene rings is 1. The molecule has 0 bridgehead atoms. The van der Waals surface area contributed by atoms with E-state index < -0.39 is 17.3 Å². The van der Waals surface area contributed by atoms with Crippen LogP contribution in [0.3, 0.4) is 0 Å². The van der Waals surface area contributed by atoms with Gasteiger partial charge in [0.15, 0.2) is 5.01 Å². The van der Waals surface area contributed by atoms with E-state index in [9.17, 15) is 13.6 Å². The van der Waals surface area contributed by atoms with Gasteiger partial charge in [0.2, 0.25) is 5.13 Å². The largest absolute Gasteiger partial charge is 0.312 e. The van der Waals surface area contributed by atoms with Crippen molar-refractivity contribution in [3.8, 4) is 5.69 Å². The predicted molar refractivity (Wildman–Crippen MR) is 91.3 cm³/mol. The Kier molecular flexibility index (Phi) is 4.66. The molecule has 1 amide bonds. The molecular weight excluding hydrogens is 437 g/mol. The van der Waals surface area contributed by atoms with Gasteiger partial charge in [0.25, 0.3) is 12.3 Å². The maximum absolute atomic E-state index is 12.5. The van der Waals surface area contributed by atoms with Gasteiger partial charge in [0, 0.05) is 15.5 Å². The zero-order valence-electron chi connectivity index (χ0n) is 11.4. The van der Waals surface area contributed by atoms with Crippen molar-refractivity contribution in [3.05, 3.63) is 56.9 Å². The molecule has 0 aliphatic rings. The number of nitrogens with zero attached hydrogens (tertiary/aromatic N) is 3. The summed E-state index contributed by atoms with van der Waals surface area (Å²) in [5, 5.41) is 9.00. The monoisotopic (exact) mass is 446 g/mol. The summed E-state index contributed by atoms with van der Waals surface area (Å²) < 4.78 is 27.8. The second-order valence-corrected chi connectivity index (χ2v) is 6.70. The molecule has 0 saturated heterocycles. The second kappa shape index (κ2) is 6.71. The summed E-state index contributed by atoms with van der Waals surface area (Å²) in [5.74, 6) is -0.439. The van der Waals surface area contributed by atoms with E-state index in [4.69, 9.17) is 0 Å². The highest BCUT2D eigenvalue weighted by Crippen LogP contribution is 2.25. The predicted octanol–water partition coefficient (Wildman–Crippen LogP) is 4.12. The van der Waals surface area contributed by atoms with Crippen LogP contribution in [0.2, 0.25) is 0 Å². The molecule has 23 heavy (non-hydrogen) atoms. The Balaban J connectivity index is 1.84. The molecule has 118 valence electrons. The van der Waals surface area contributed by atoms with Crippen LogP contribution < -0.4 is 5.32 Å². The van der Waals surface area contributed by atoms with Crippen molar-refractivity contribution in [2.45, 2.75) is 6.43 Å². The van der Waals surface area contributed by atoms with Gasteiger partial charge in [-0.3, -0.25) is 10.1 Å². The van der Waals surface area contributed by atoms with Crippen LogP contribution in [0.5, 0.6) is 0 Å². The molecule has 0 fully saturated rings. The van der Waals surface area contributed by atoms with E-state index in [1.165, 1.54) is 0 Å². The Morgan fingerprint density at radius 3 is 2.78 bits per heavy atom. The third-order valence-corrected chi connectivity index (χ3v) is 4.43. The third-order valence-electron chi connectivity index (χ3n) is 2.92. The Morgan fingerprint density at radius 1 is 1.26 bits per heavy atom. The molecule has 5 nitrogen and oxygen atoms in total. The first-order valence-electron chi connectivity index (χ1n) is 6.41. The van der Waals surface area contributed by atoms with Crippen LogP contribution in [0.15, 0.2) is 42.6 Å². The average Bonchev–Trinajstić information content (AvgIpc) is 3.16. The molecule has 0 aliphatic carbocycles. The molecule has 2 heterocycles.